The first kappa shape index (κ1) is 16.7. The number of rotatable bonds is 6. The van der Waals surface area contributed by atoms with E-state index in [0.29, 0.717) is 0 Å². The summed E-state index contributed by atoms with van der Waals surface area (Å²) in [6, 6.07) is 0. The van der Waals surface area contributed by atoms with Gasteiger partial charge < -0.3 is 19.9 Å². The Hall–Kier alpha value is -1.30. The first-order chi connectivity index (χ1) is 8.23. The second-order valence-electron chi connectivity index (χ2n) is 4.84. The van der Waals surface area contributed by atoms with Gasteiger partial charge in [0.15, 0.2) is 0 Å². The van der Waals surface area contributed by atoms with Crippen molar-refractivity contribution in [1.82, 2.24) is 5.32 Å². The van der Waals surface area contributed by atoms with E-state index in [4.69, 9.17) is 14.6 Å². The van der Waals surface area contributed by atoms with Crippen molar-refractivity contribution in [1.29, 1.82) is 0 Å². The summed E-state index contributed by atoms with van der Waals surface area (Å²) in [5.41, 5.74) is 0. The van der Waals surface area contributed by atoms with Gasteiger partial charge in [0.05, 0.1) is 12.0 Å². The second kappa shape index (κ2) is 7.92. The van der Waals surface area contributed by atoms with Crippen molar-refractivity contribution < 1.29 is 24.2 Å². The highest BCUT2D eigenvalue weighted by molar-refractivity contribution is 5.72. The topological polar surface area (TPSA) is 84.9 Å². The highest BCUT2D eigenvalue weighted by Gasteiger charge is 2.24. The van der Waals surface area contributed by atoms with Crippen LogP contribution >= 0.6 is 0 Å². The number of hydrogen-bond donors (Lipinski definition) is 2. The Balaban J connectivity index is 4.27. The third kappa shape index (κ3) is 7.11. The minimum absolute atomic E-state index is 0.0851. The largest absolute Gasteiger partial charge is 0.425 e. The van der Waals surface area contributed by atoms with Gasteiger partial charge in [-0.15, -0.1) is 0 Å². The molecule has 0 bridgehead atoms. The molecule has 0 unspecified atom stereocenters. The molecule has 106 valence electrons. The van der Waals surface area contributed by atoms with E-state index in [1.54, 1.807) is 34.6 Å². The summed E-state index contributed by atoms with van der Waals surface area (Å²) in [7, 11) is 0. The molecule has 18 heavy (non-hydrogen) atoms. The Morgan fingerprint density at radius 1 is 1.11 bits per heavy atom. The van der Waals surface area contributed by atoms with Crippen LogP contribution in [0.5, 0.6) is 0 Å². The summed E-state index contributed by atoms with van der Waals surface area (Å²) in [5, 5.41) is 11.4. The number of aliphatic hydroxyl groups is 1. The summed E-state index contributed by atoms with van der Waals surface area (Å²) >= 11 is 0. The number of nitrogens with one attached hydrogen (secondary N) is 1. The van der Waals surface area contributed by atoms with Crippen LogP contribution in [0.25, 0.3) is 0 Å². The van der Waals surface area contributed by atoms with Crippen LogP contribution < -0.4 is 5.32 Å². The van der Waals surface area contributed by atoms with Gasteiger partial charge in [-0.25, -0.2) is 4.79 Å². The molecule has 0 aliphatic carbocycles. The fourth-order valence-corrected chi connectivity index (χ4v) is 0.925. The maximum Gasteiger partial charge on any atom is 0.410 e. The molecule has 0 radical (unpaired) electrons. The first-order valence-corrected chi connectivity index (χ1v) is 6.07. The van der Waals surface area contributed by atoms with Gasteiger partial charge >= 0.3 is 12.1 Å². The SMILES string of the molecule is CC(C)C(=O)O[C@H](OC(=O)NC[C@H](C)O)C(C)C. The quantitative estimate of drug-likeness (QED) is 0.555. The summed E-state index contributed by atoms with van der Waals surface area (Å²) in [6.07, 6.45) is -2.30. The number of aliphatic hydroxyl groups excluding tert-OH is 1. The number of carbonyl (C=O) groups is 2. The van der Waals surface area contributed by atoms with Crippen LogP contribution in [0.3, 0.4) is 0 Å². The summed E-state index contributed by atoms with van der Waals surface area (Å²) in [5.74, 6) is -0.850. The van der Waals surface area contributed by atoms with E-state index in [1.807, 2.05) is 0 Å². The Labute approximate surface area is 108 Å². The number of amides is 1. The lowest BCUT2D eigenvalue weighted by Gasteiger charge is -2.22. The van der Waals surface area contributed by atoms with E-state index in [0.717, 1.165) is 0 Å². The van der Waals surface area contributed by atoms with Crippen LogP contribution in [-0.4, -0.2) is 36.1 Å². The van der Waals surface area contributed by atoms with Gasteiger partial charge in [-0.05, 0) is 6.92 Å². The van der Waals surface area contributed by atoms with E-state index in [-0.39, 0.29) is 18.4 Å². The second-order valence-corrected chi connectivity index (χ2v) is 4.84. The molecule has 0 aromatic rings. The van der Waals surface area contributed by atoms with Crippen LogP contribution in [-0.2, 0) is 14.3 Å². The highest BCUT2D eigenvalue weighted by Crippen LogP contribution is 2.11. The smallest absolute Gasteiger partial charge is 0.410 e. The number of alkyl carbamates (subject to hydrolysis) is 1. The number of hydrogen-bond acceptors (Lipinski definition) is 5. The molecule has 0 fully saturated rings. The third-order valence-corrected chi connectivity index (χ3v) is 2.01. The highest BCUT2D eigenvalue weighted by atomic mass is 16.7. The average Bonchev–Trinajstić information content (AvgIpc) is 2.24. The van der Waals surface area contributed by atoms with Crippen LogP contribution in [0.1, 0.15) is 34.6 Å². The van der Waals surface area contributed by atoms with E-state index in [9.17, 15) is 9.59 Å². The number of carbonyl (C=O) groups excluding carboxylic acids is 2. The molecule has 0 saturated heterocycles. The molecule has 2 atom stereocenters. The predicted molar refractivity (Wildman–Crippen MR) is 65.7 cm³/mol. The van der Waals surface area contributed by atoms with Crippen LogP contribution in [0.4, 0.5) is 4.79 Å². The Kier molecular flexibility index (Phi) is 7.35. The maximum absolute atomic E-state index is 11.4. The number of esters is 1. The van der Waals surface area contributed by atoms with Gasteiger partial charge in [-0.1, -0.05) is 27.7 Å². The molecule has 6 nitrogen and oxygen atoms in total. The van der Waals surface area contributed by atoms with Crippen LogP contribution in [0.15, 0.2) is 0 Å². The molecular weight excluding hydrogens is 238 g/mol. The molecule has 0 spiro atoms. The van der Waals surface area contributed by atoms with Crippen LogP contribution in [0, 0.1) is 11.8 Å². The lowest BCUT2D eigenvalue weighted by Crippen LogP contribution is -2.37. The standard InChI is InChI=1S/C12H23NO5/c1-7(2)10(15)17-11(8(3)4)18-12(16)13-6-9(5)14/h7-9,11,14H,6H2,1-5H3,(H,13,16)/t9-,11+/m0/s1. The van der Waals surface area contributed by atoms with Crippen molar-refractivity contribution in [2.45, 2.75) is 47.0 Å². The lowest BCUT2D eigenvalue weighted by atomic mass is 10.2. The fourth-order valence-electron chi connectivity index (χ4n) is 0.925. The normalized spacial score (nSPS) is 14.2. The van der Waals surface area contributed by atoms with Gasteiger partial charge in [0, 0.05) is 12.5 Å². The van der Waals surface area contributed by atoms with Crippen molar-refractivity contribution >= 4 is 12.1 Å². The van der Waals surface area contributed by atoms with E-state index < -0.39 is 24.5 Å². The summed E-state index contributed by atoms with van der Waals surface area (Å²) in [6.45, 7) is 8.58. The molecule has 0 rings (SSSR count). The molecule has 0 aliphatic heterocycles. The fraction of sp³-hybridized carbons (Fsp3) is 0.833. The molecule has 0 aliphatic rings. The van der Waals surface area contributed by atoms with E-state index in [1.165, 1.54) is 0 Å². The van der Waals surface area contributed by atoms with Gasteiger partial charge in [0.1, 0.15) is 0 Å². The lowest BCUT2D eigenvalue weighted by molar-refractivity contribution is -0.178. The predicted octanol–water partition coefficient (Wildman–Crippen LogP) is 1.27. The molecule has 0 heterocycles. The Bertz CT molecular complexity index is 276. The Morgan fingerprint density at radius 2 is 1.67 bits per heavy atom. The van der Waals surface area contributed by atoms with Gasteiger partial charge in [0.2, 0.25) is 0 Å². The zero-order valence-corrected chi connectivity index (χ0v) is 11.6. The zero-order valence-electron chi connectivity index (χ0n) is 11.6. The zero-order chi connectivity index (χ0) is 14.3. The molecule has 1 amide bonds. The minimum Gasteiger partial charge on any atom is -0.425 e. The molecule has 0 saturated carbocycles. The minimum atomic E-state index is -0.922. The van der Waals surface area contributed by atoms with Crippen molar-refractivity contribution in [3.63, 3.8) is 0 Å². The van der Waals surface area contributed by atoms with E-state index in [2.05, 4.69) is 5.32 Å². The van der Waals surface area contributed by atoms with Crippen LogP contribution in [0.2, 0.25) is 0 Å². The third-order valence-electron chi connectivity index (χ3n) is 2.01. The summed E-state index contributed by atoms with van der Waals surface area (Å²) < 4.78 is 10.0. The van der Waals surface area contributed by atoms with Crippen molar-refractivity contribution in [2.24, 2.45) is 11.8 Å². The molecular formula is C12H23NO5. The van der Waals surface area contributed by atoms with Gasteiger partial charge in [-0.2, -0.15) is 0 Å². The average molecular weight is 261 g/mol. The first-order valence-electron chi connectivity index (χ1n) is 6.07. The molecule has 0 aromatic carbocycles. The molecule has 6 heteroatoms. The van der Waals surface area contributed by atoms with Gasteiger partial charge in [0.25, 0.3) is 6.29 Å². The molecule has 2 N–H and O–H groups in total. The van der Waals surface area contributed by atoms with Crippen molar-refractivity contribution in [3.05, 3.63) is 0 Å². The van der Waals surface area contributed by atoms with Crippen molar-refractivity contribution in [2.75, 3.05) is 6.54 Å². The molecule has 0 aromatic heterocycles. The maximum atomic E-state index is 11.4. The monoisotopic (exact) mass is 261 g/mol. The Morgan fingerprint density at radius 3 is 2.06 bits per heavy atom. The van der Waals surface area contributed by atoms with E-state index >= 15 is 0 Å². The number of ether oxygens (including phenoxy) is 2. The van der Waals surface area contributed by atoms with Gasteiger partial charge in [-0.3, -0.25) is 4.79 Å². The summed E-state index contributed by atoms with van der Waals surface area (Å²) in [4.78, 5) is 22.8. The van der Waals surface area contributed by atoms with Crippen molar-refractivity contribution in [3.8, 4) is 0 Å².